The molecular weight excluding hydrogens is 476 g/mol. The highest BCUT2D eigenvalue weighted by Crippen LogP contribution is 2.25. The van der Waals surface area contributed by atoms with Crippen LogP contribution in [-0.2, 0) is 17.6 Å². The molecule has 1 fully saturated rings. The van der Waals surface area contributed by atoms with Crippen LogP contribution in [0, 0.1) is 0 Å². The zero-order valence-corrected chi connectivity index (χ0v) is 21.7. The molecule has 1 saturated heterocycles. The number of methoxy groups -OCH3 is 1. The molecule has 0 radical (unpaired) electrons. The number of amides is 1. The number of nitrogens with zero attached hydrogens (tertiary/aromatic N) is 1. The highest BCUT2D eigenvalue weighted by atomic mass is 35.5. The number of likely N-dealkylation sites (N-methyl/N-ethyl adjacent to an activating group) is 1. The number of hydrogen-bond acceptors (Lipinski definition) is 5. The molecular formula is C29H35ClN2O4. The van der Waals surface area contributed by atoms with Gasteiger partial charge in [0.1, 0.15) is 17.6 Å². The number of nitrogens with one attached hydrogen (secondary N) is 1. The zero-order valence-electron chi connectivity index (χ0n) is 20.9. The quantitative estimate of drug-likeness (QED) is 0.363. The number of halogens is 1. The van der Waals surface area contributed by atoms with E-state index in [9.17, 15) is 4.79 Å². The van der Waals surface area contributed by atoms with Crippen LogP contribution in [0.1, 0.15) is 24.0 Å². The number of aryl methyl sites for hydroxylation is 2. The third-order valence-corrected chi connectivity index (χ3v) is 6.44. The van der Waals surface area contributed by atoms with Crippen molar-refractivity contribution in [2.75, 3.05) is 32.6 Å². The number of likely N-dealkylation sites (tertiary alicyclic amines) is 1. The van der Waals surface area contributed by atoms with E-state index in [2.05, 4.69) is 41.5 Å². The van der Waals surface area contributed by atoms with Gasteiger partial charge >= 0.3 is 6.09 Å². The van der Waals surface area contributed by atoms with Crippen LogP contribution in [0.5, 0.6) is 11.5 Å². The van der Waals surface area contributed by atoms with Gasteiger partial charge in [-0.1, -0.05) is 48.5 Å². The summed E-state index contributed by atoms with van der Waals surface area (Å²) >= 11 is 0. The Morgan fingerprint density at radius 2 is 1.78 bits per heavy atom. The maximum absolute atomic E-state index is 12.2. The summed E-state index contributed by atoms with van der Waals surface area (Å²) in [6, 6.07) is 26.1. The Morgan fingerprint density at radius 3 is 2.58 bits per heavy atom. The lowest BCUT2D eigenvalue weighted by Crippen LogP contribution is -2.27. The van der Waals surface area contributed by atoms with Crippen molar-refractivity contribution in [2.45, 2.75) is 37.8 Å². The van der Waals surface area contributed by atoms with E-state index in [0.717, 1.165) is 49.4 Å². The lowest BCUT2D eigenvalue weighted by atomic mass is 10.0. The Hall–Kier alpha value is -3.22. The van der Waals surface area contributed by atoms with E-state index >= 15 is 0 Å². The fourth-order valence-electron chi connectivity index (χ4n) is 4.54. The zero-order chi connectivity index (χ0) is 24.5. The topological polar surface area (TPSA) is 60.0 Å². The van der Waals surface area contributed by atoms with Gasteiger partial charge in [-0.15, -0.1) is 12.4 Å². The summed E-state index contributed by atoms with van der Waals surface area (Å²) in [6.45, 7) is 1.35. The molecule has 36 heavy (non-hydrogen) atoms. The standard InChI is InChI=1S/C29H34N2O4.ClH/c1-31-21-27(35-29(32)30-24-11-4-3-5-12-24)20-25(31)17-18-34-28-14-7-6-10-23(28)16-15-22-9-8-13-26(19-22)33-2;/h3-14,19,25,27H,15-18,20-21H2,1-2H3,(H,30,32);1H/t25-,27-;/m1./s1. The minimum Gasteiger partial charge on any atom is -0.497 e. The van der Waals surface area contributed by atoms with Crippen LogP contribution >= 0.6 is 12.4 Å². The Labute approximate surface area is 220 Å². The lowest BCUT2D eigenvalue weighted by molar-refractivity contribution is 0.115. The largest absolute Gasteiger partial charge is 0.497 e. The number of rotatable bonds is 10. The van der Waals surface area contributed by atoms with Gasteiger partial charge in [-0.05, 0) is 67.8 Å². The van der Waals surface area contributed by atoms with Gasteiger partial charge in [-0.25, -0.2) is 4.79 Å². The van der Waals surface area contributed by atoms with Gasteiger partial charge in [0.25, 0.3) is 0 Å². The van der Waals surface area contributed by atoms with Crippen LogP contribution in [0.15, 0.2) is 78.9 Å². The smallest absolute Gasteiger partial charge is 0.411 e. The Bertz CT molecular complexity index is 1100. The van der Waals surface area contributed by atoms with E-state index in [-0.39, 0.29) is 18.5 Å². The average Bonchev–Trinajstić information content (AvgIpc) is 3.22. The summed E-state index contributed by atoms with van der Waals surface area (Å²) in [7, 11) is 3.77. The fourth-order valence-corrected chi connectivity index (χ4v) is 4.54. The molecule has 1 N–H and O–H groups in total. The van der Waals surface area contributed by atoms with Gasteiger partial charge in [-0.3, -0.25) is 10.2 Å². The van der Waals surface area contributed by atoms with Gasteiger partial charge in [0.2, 0.25) is 0 Å². The van der Waals surface area contributed by atoms with E-state index < -0.39 is 6.09 Å². The summed E-state index contributed by atoms with van der Waals surface area (Å²) in [5.74, 6) is 1.82. The van der Waals surface area contributed by atoms with Crippen molar-refractivity contribution < 1.29 is 19.0 Å². The average molecular weight is 511 g/mol. The Balaban J connectivity index is 0.00000361. The highest BCUT2D eigenvalue weighted by Gasteiger charge is 2.31. The van der Waals surface area contributed by atoms with Crippen molar-refractivity contribution in [2.24, 2.45) is 0 Å². The van der Waals surface area contributed by atoms with Gasteiger partial charge < -0.3 is 14.2 Å². The molecule has 1 amide bonds. The minimum absolute atomic E-state index is 0. The minimum atomic E-state index is -0.406. The van der Waals surface area contributed by atoms with Crippen LogP contribution in [0.3, 0.4) is 0 Å². The molecule has 4 rings (SSSR count). The van der Waals surface area contributed by atoms with Crippen molar-refractivity contribution in [1.29, 1.82) is 0 Å². The molecule has 1 aliphatic rings. The highest BCUT2D eigenvalue weighted by molar-refractivity contribution is 5.85. The molecule has 0 spiro atoms. The molecule has 0 bridgehead atoms. The fraction of sp³-hybridized carbons (Fsp3) is 0.345. The van der Waals surface area contributed by atoms with Crippen molar-refractivity contribution in [1.82, 2.24) is 4.90 Å². The van der Waals surface area contributed by atoms with Crippen molar-refractivity contribution in [3.05, 3.63) is 90.0 Å². The number of benzene rings is 3. The van der Waals surface area contributed by atoms with Crippen LogP contribution in [0.25, 0.3) is 0 Å². The van der Waals surface area contributed by atoms with Crippen molar-refractivity contribution in [3.63, 3.8) is 0 Å². The molecule has 3 aromatic rings. The van der Waals surface area contributed by atoms with E-state index in [1.54, 1.807) is 7.11 Å². The molecule has 3 aromatic carbocycles. The first kappa shape index (κ1) is 27.4. The number of para-hydroxylation sites is 2. The van der Waals surface area contributed by atoms with Crippen molar-refractivity contribution in [3.8, 4) is 11.5 Å². The number of carbonyl (C=O) groups excluding carboxylic acids is 1. The predicted octanol–water partition coefficient (Wildman–Crippen LogP) is 5.99. The first-order chi connectivity index (χ1) is 17.1. The molecule has 2 atom stereocenters. The molecule has 7 heteroatoms. The second-order valence-corrected chi connectivity index (χ2v) is 8.94. The van der Waals surface area contributed by atoms with Crippen LogP contribution in [0.4, 0.5) is 10.5 Å². The van der Waals surface area contributed by atoms with Gasteiger partial charge in [0.05, 0.1) is 13.7 Å². The first-order valence-electron chi connectivity index (χ1n) is 12.2. The second-order valence-electron chi connectivity index (χ2n) is 8.94. The summed E-state index contributed by atoms with van der Waals surface area (Å²) < 4.78 is 17.2. The molecule has 6 nitrogen and oxygen atoms in total. The molecule has 0 aromatic heterocycles. The molecule has 1 heterocycles. The number of ether oxygens (including phenoxy) is 3. The van der Waals surface area contributed by atoms with Crippen LogP contribution in [0.2, 0.25) is 0 Å². The van der Waals surface area contributed by atoms with Crippen molar-refractivity contribution >= 4 is 24.2 Å². The Morgan fingerprint density at radius 1 is 1.00 bits per heavy atom. The van der Waals surface area contributed by atoms with E-state index in [0.29, 0.717) is 12.6 Å². The molecule has 192 valence electrons. The van der Waals surface area contributed by atoms with Gasteiger partial charge in [0, 0.05) is 24.7 Å². The van der Waals surface area contributed by atoms with Crippen LogP contribution < -0.4 is 14.8 Å². The predicted molar refractivity (Wildman–Crippen MR) is 146 cm³/mol. The van der Waals surface area contributed by atoms with E-state index in [1.165, 1.54) is 11.1 Å². The summed E-state index contributed by atoms with van der Waals surface area (Å²) in [6.07, 6.45) is 2.98. The number of hydrogen-bond donors (Lipinski definition) is 1. The van der Waals surface area contributed by atoms with E-state index in [1.807, 2.05) is 54.6 Å². The van der Waals surface area contributed by atoms with Gasteiger partial charge in [0.15, 0.2) is 0 Å². The molecule has 0 saturated carbocycles. The molecule has 0 aliphatic carbocycles. The molecule has 1 aliphatic heterocycles. The number of anilines is 1. The Kier molecular flexibility index (Phi) is 10.5. The summed E-state index contributed by atoms with van der Waals surface area (Å²) in [5, 5.41) is 2.79. The third kappa shape index (κ3) is 7.90. The maximum Gasteiger partial charge on any atom is 0.411 e. The lowest BCUT2D eigenvalue weighted by Gasteiger charge is -2.19. The second kappa shape index (κ2) is 13.8. The maximum atomic E-state index is 12.2. The monoisotopic (exact) mass is 510 g/mol. The summed E-state index contributed by atoms with van der Waals surface area (Å²) in [5.41, 5.74) is 3.18. The molecule has 0 unspecified atom stereocenters. The third-order valence-electron chi connectivity index (χ3n) is 6.44. The normalized spacial score (nSPS) is 17.2. The van der Waals surface area contributed by atoms with E-state index in [4.69, 9.17) is 14.2 Å². The SMILES string of the molecule is COc1cccc(CCc2ccccc2OCC[C@@H]2C[C@@H](OC(=O)Nc3ccccc3)CN2C)c1.Cl. The van der Waals surface area contributed by atoms with Gasteiger partial charge in [-0.2, -0.15) is 0 Å². The number of carbonyl (C=O) groups is 1. The van der Waals surface area contributed by atoms with Crippen LogP contribution in [-0.4, -0.2) is 50.4 Å². The summed E-state index contributed by atoms with van der Waals surface area (Å²) in [4.78, 5) is 14.5. The first-order valence-corrected chi connectivity index (χ1v) is 12.2.